The molecule has 0 spiro atoms. The maximum Gasteiger partial charge on any atom is 0.416 e. The van der Waals surface area contributed by atoms with Crippen molar-refractivity contribution in [2.75, 3.05) is 26.2 Å². The Bertz CT molecular complexity index is 451. The molecule has 1 fully saturated rings. The first kappa shape index (κ1) is 16.3. The van der Waals surface area contributed by atoms with Gasteiger partial charge in [0.1, 0.15) is 0 Å². The van der Waals surface area contributed by atoms with Crippen molar-refractivity contribution < 1.29 is 13.2 Å². The Balaban J connectivity index is 1.98. The van der Waals surface area contributed by atoms with Crippen LogP contribution in [0.2, 0.25) is 0 Å². The van der Waals surface area contributed by atoms with Crippen molar-refractivity contribution in [3.63, 3.8) is 0 Å². The summed E-state index contributed by atoms with van der Waals surface area (Å²) in [5.74, 6) is 0. The number of rotatable bonds is 4. The van der Waals surface area contributed by atoms with Crippen LogP contribution in [0, 0.1) is 0 Å². The number of hydrogen-bond acceptors (Lipinski definition) is 2. The molecule has 0 aromatic heterocycles. The normalized spacial score (nSPS) is 19.7. The van der Waals surface area contributed by atoms with Crippen molar-refractivity contribution in [1.82, 2.24) is 9.80 Å². The summed E-state index contributed by atoms with van der Waals surface area (Å²) in [4.78, 5) is 4.52. The molecular weight excluding hydrogens is 277 g/mol. The van der Waals surface area contributed by atoms with Gasteiger partial charge in [-0.2, -0.15) is 13.2 Å². The molecule has 0 saturated carbocycles. The number of alkyl halides is 3. The average molecular weight is 300 g/mol. The van der Waals surface area contributed by atoms with Crippen molar-refractivity contribution in [1.29, 1.82) is 0 Å². The van der Waals surface area contributed by atoms with Gasteiger partial charge < -0.3 is 0 Å². The molecule has 1 aromatic rings. The third-order valence-corrected chi connectivity index (χ3v) is 4.34. The highest BCUT2D eigenvalue weighted by Crippen LogP contribution is 2.32. The summed E-state index contributed by atoms with van der Waals surface area (Å²) in [5.41, 5.74) is -0.128. The SMILES string of the molecule is CC[C@H](C)N1CCN(Cc2ccccc2C(F)(F)F)CC1. The molecule has 0 unspecified atom stereocenters. The Kier molecular flexibility index (Phi) is 5.27. The van der Waals surface area contributed by atoms with Crippen LogP contribution in [0.5, 0.6) is 0 Å². The van der Waals surface area contributed by atoms with Crippen molar-refractivity contribution in [3.05, 3.63) is 35.4 Å². The van der Waals surface area contributed by atoms with Crippen molar-refractivity contribution in [3.8, 4) is 0 Å². The number of nitrogens with zero attached hydrogens (tertiary/aromatic N) is 2. The van der Waals surface area contributed by atoms with Gasteiger partial charge in [-0.1, -0.05) is 25.1 Å². The Morgan fingerprint density at radius 2 is 1.71 bits per heavy atom. The average Bonchev–Trinajstić information content (AvgIpc) is 2.47. The van der Waals surface area contributed by atoms with Gasteiger partial charge in [-0.15, -0.1) is 0 Å². The molecule has 0 bridgehead atoms. The summed E-state index contributed by atoms with van der Waals surface area (Å²) in [7, 11) is 0. The van der Waals surface area contributed by atoms with E-state index in [0.717, 1.165) is 32.6 Å². The molecule has 0 radical (unpaired) electrons. The number of halogens is 3. The van der Waals surface area contributed by atoms with Gasteiger partial charge in [0.25, 0.3) is 0 Å². The molecular formula is C16H23F3N2. The van der Waals surface area contributed by atoms with Crippen LogP contribution in [0.4, 0.5) is 13.2 Å². The first-order valence-corrected chi connectivity index (χ1v) is 7.53. The van der Waals surface area contributed by atoms with Gasteiger partial charge in [0.05, 0.1) is 5.56 Å². The summed E-state index contributed by atoms with van der Waals surface area (Å²) >= 11 is 0. The molecule has 0 N–H and O–H groups in total. The Morgan fingerprint density at radius 1 is 1.10 bits per heavy atom. The zero-order chi connectivity index (χ0) is 15.5. The minimum atomic E-state index is -4.27. The van der Waals surface area contributed by atoms with Crippen LogP contribution in [0.1, 0.15) is 31.4 Å². The van der Waals surface area contributed by atoms with E-state index in [4.69, 9.17) is 0 Å². The van der Waals surface area contributed by atoms with Gasteiger partial charge >= 0.3 is 6.18 Å². The van der Waals surface area contributed by atoms with Crippen molar-refractivity contribution in [2.24, 2.45) is 0 Å². The van der Waals surface area contributed by atoms with Gasteiger partial charge in [0, 0.05) is 38.8 Å². The highest BCUT2D eigenvalue weighted by molar-refractivity contribution is 5.29. The fourth-order valence-corrected chi connectivity index (χ4v) is 2.80. The molecule has 2 rings (SSSR count). The van der Waals surface area contributed by atoms with E-state index in [1.807, 2.05) is 0 Å². The molecule has 2 nitrogen and oxygen atoms in total. The van der Waals surface area contributed by atoms with Gasteiger partial charge in [-0.05, 0) is 25.0 Å². The third kappa shape index (κ3) is 4.20. The van der Waals surface area contributed by atoms with Gasteiger partial charge in [-0.25, -0.2) is 0 Å². The molecule has 1 saturated heterocycles. The summed E-state index contributed by atoms with van der Waals surface area (Å²) in [5, 5.41) is 0. The van der Waals surface area contributed by atoms with E-state index in [1.165, 1.54) is 12.1 Å². The fourth-order valence-electron chi connectivity index (χ4n) is 2.80. The van der Waals surface area contributed by atoms with E-state index in [0.29, 0.717) is 18.2 Å². The number of piperazine rings is 1. The largest absolute Gasteiger partial charge is 0.416 e. The number of benzene rings is 1. The van der Waals surface area contributed by atoms with Crippen LogP contribution in [0.15, 0.2) is 24.3 Å². The Labute approximate surface area is 124 Å². The maximum atomic E-state index is 13.0. The second kappa shape index (κ2) is 6.79. The lowest BCUT2D eigenvalue weighted by atomic mass is 10.1. The lowest BCUT2D eigenvalue weighted by molar-refractivity contribution is -0.138. The monoisotopic (exact) mass is 300 g/mol. The second-order valence-electron chi connectivity index (χ2n) is 5.72. The molecule has 0 aliphatic carbocycles. The van der Waals surface area contributed by atoms with Crippen LogP contribution in [0.25, 0.3) is 0 Å². The molecule has 21 heavy (non-hydrogen) atoms. The minimum absolute atomic E-state index is 0.377. The summed E-state index contributed by atoms with van der Waals surface area (Å²) in [6.07, 6.45) is -3.16. The smallest absolute Gasteiger partial charge is 0.298 e. The van der Waals surface area contributed by atoms with Crippen LogP contribution in [-0.2, 0) is 12.7 Å². The lowest BCUT2D eigenvalue weighted by Gasteiger charge is -2.38. The Hall–Kier alpha value is -1.07. The van der Waals surface area contributed by atoms with E-state index in [1.54, 1.807) is 12.1 Å². The molecule has 1 aliphatic heterocycles. The van der Waals surface area contributed by atoms with Crippen molar-refractivity contribution >= 4 is 0 Å². The summed E-state index contributed by atoms with van der Waals surface area (Å²) in [6.45, 7) is 8.27. The molecule has 5 heteroatoms. The van der Waals surface area contributed by atoms with Crippen LogP contribution in [0.3, 0.4) is 0 Å². The highest BCUT2D eigenvalue weighted by atomic mass is 19.4. The topological polar surface area (TPSA) is 6.48 Å². The Morgan fingerprint density at radius 3 is 2.29 bits per heavy atom. The molecule has 1 atom stereocenters. The third-order valence-electron chi connectivity index (χ3n) is 4.34. The van der Waals surface area contributed by atoms with E-state index < -0.39 is 11.7 Å². The van der Waals surface area contributed by atoms with E-state index >= 15 is 0 Å². The highest BCUT2D eigenvalue weighted by Gasteiger charge is 2.33. The predicted octanol–water partition coefficient (Wildman–Crippen LogP) is 3.62. The zero-order valence-electron chi connectivity index (χ0n) is 12.7. The number of hydrogen-bond donors (Lipinski definition) is 0. The molecule has 0 amide bonds. The minimum Gasteiger partial charge on any atom is -0.298 e. The fraction of sp³-hybridized carbons (Fsp3) is 0.625. The van der Waals surface area contributed by atoms with Crippen molar-refractivity contribution in [2.45, 2.75) is 39.0 Å². The summed E-state index contributed by atoms with van der Waals surface area (Å²) in [6, 6.07) is 6.44. The molecule has 1 aromatic carbocycles. The van der Waals surface area contributed by atoms with Gasteiger partial charge in [-0.3, -0.25) is 9.80 Å². The standard InChI is InChI=1S/C16H23F3N2/c1-3-13(2)21-10-8-20(9-11-21)12-14-6-4-5-7-15(14)16(17,18)19/h4-7,13H,3,8-12H2,1-2H3/t13-/m0/s1. The van der Waals surface area contributed by atoms with E-state index in [-0.39, 0.29) is 0 Å². The van der Waals surface area contributed by atoms with Gasteiger partial charge in [0.2, 0.25) is 0 Å². The van der Waals surface area contributed by atoms with Crippen LogP contribution in [-0.4, -0.2) is 42.0 Å². The molecule has 118 valence electrons. The molecule has 1 heterocycles. The first-order chi connectivity index (χ1) is 9.91. The van der Waals surface area contributed by atoms with E-state index in [2.05, 4.69) is 23.6 Å². The first-order valence-electron chi connectivity index (χ1n) is 7.53. The maximum absolute atomic E-state index is 13.0. The second-order valence-corrected chi connectivity index (χ2v) is 5.72. The molecule has 1 aliphatic rings. The predicted molar refractivity (Wildman–Crippen MR) is 78.0 cm³/mol. The quantitative estimate of drug-likeness (QED) is 0.838. The van der Waals surface area contributed by atoms with Gasteiger partial charge in [0.15, 0.2) is 0 Å². The van der Waals surface area contributed by atoms with Crippen LogP contribution < -0.4 is 0 Å². The summed E-state index contributed by atoms with van der Waals surface area (Å²) < 4.78 is 39.0. The van der Waals surface area contributed by atoms with Crippen LogP contribution >= 0.6 is 0 Å². The van der Waals surface area contributed by atoms with E-state index in [9.17, 15) is 13.2 Å². The zero-order valence-corrected chi connectivity index (χ0v) is 12.7. The lowest BCUT2D eigenvalue weighted by Crippen LogP contribution is -2.49.